The molecule has 0 radical (unpaired) electrons. The summed E-state index contributed by atoms with van der Waals surface area (Å²) in [5.74, 6) is -0.0783. The highest BCUT2D eigenvalue weighted by atomic mass is 32.2. The van der Waals surface area contributed by atoms with Crippen molar-refractivity contribution in [2.45, 2.75) is 16.2 Å². The first-order chi connectivity index (χ1) is 10.2. The van der Waals surface area contributed by atoms with Crippen LogP contribution in [0.25, 0.3) is 0 Å². The minimum absolute atomic E-state index is 0.0258. The molecular weight excluding hydrogens is 284 g/mol. The third-order valence-corrected chi connectivity index (χ3v) is 4.36. The van der Waals surface area contributed by atoms with Crippen LogP contribution in [0.4, 0.5) is 5.69 Å². The molecule has 2 aromatic rings. The van der Waals surface area contributed by atoms with Gasteiger partial charge < -0.3 is 10.6 Å². The zero-order valence-electron chi connectivity index (χ0n) is 11.5. The Morgan fingerprint density at radius 3 is 2.86 bits per heavy atom. The van der Waals surface area contributed by atoms with E-state index in [9.17, 15) is 9.59 Å². The summed E-state index contributed by atoms with van der Waals surface area (Å²) in [7, 11) is 1.62. The fourth-order valence-electron chi connectivity index (χ4n) is 2.26. The van der Waals surface area contributed by atoms with Crippen molar-refractivity contribution in [1.82, 2.24) is 5.32 Å². The predicted octanol–water partition coefficient (Wildman–Crippen LogP) is 2.69. The molecule has 106 valence electrons. The number of fused-ring (bicyclic) bond motifs is 1. The fourth-order valence-corrected chi connectivity index (χ4v) is 3.25. The summed E-state index contributed by atoms with van der Waals surface area (Å²) in [6.45, 7) is 0. The Morgan fingerprint density at radius 1 is 1.24 bits per heavy atom. The maximum atomic E-state index is 11.9. The van der Waals surface area contributed by atoms with Crippen molar-refractivity contribution < 1.29 is 9.59 Å². The molecule has 0 aliphatic carbocycles. The molecule has 2 amide bonds. The maximum absolute atomic E-state index is 11.9. The summed E-state index contributed by atoms with van der Waals surface area (Å²) < 4.78 is 0. The largest absolute Gasteiger partial charge is 0.355 e. The van der Waals surface area contributed by atoms with Crippen molar-refractivity contribution in [3.8, 4) is 0 Å². The van der Waals surface area contributed by atoms with Crippen LogP contribution in [0.2, 0.25) is 0 Å². The normalized spacial score (nSPS) is 12.7. The molecule has 1 aliphatic rings. The van der Waals surface area contributed by atoms with E-state index in [0.717, 1.165) is 21.0 Å². The summed E-state index contributed by atoms with van der Waals surface area (Å²) >= 11 is 1.51. The van der Waals surface area contributed by atoms with Crippen molar-refractivity contribution in [3.05, 3.63) is 53.6 Å². The molecule has 0 saturated carbocycles. The Labute approximate surface area is 126 Å². The molecule has 2 N–H and O–H groups in total. The van der Waals surface area contributed by atoms with Crippen LogP contribution in [-0.2, 0) is 11.2 Å². The van der Waals surface area contributed by atoms with E-state index in [-0.39, 0.29) is 11.8 Å². The van der Waals surface area contributed by atoms with Crippen molar-refractivity contribution in [2.75, 3.05) is 12.4 Å². The predicted molar refractivity (Wildman–Crippen MR) is 82.7 cm³/mol. The average Bonchev–Trinajstić information content (AvgIpc) is 2.86. The van der Waals surface area contributed by atoms with Crippen LogP contribution in [0.1, 0.15) is 15.9 Å². The third-order valence-electron chi connectivity index (χ3n) is 3.29. The number of rotatable bonds is 3. The molecule has 3 rings (SSSR count). The van der Waals surface area contributed by atoms with Gasteiger partial charge in [0.15, 0.2) is 0 Å². The molecule has 1 aliphatic heterocycles. The van der Waals surface area contributed by atoms with Crippen molar-refractivity contribution in [1.29, 1.82) is 0 Å². The van der Waals surface area contributed by atoms with E-state index in [1.165, 1.54) is 11.8 Å². The number of anilines is 1. The number of carbonyl (C=O) groups is 2. The van der Waals surface area contributed by atoms with Crippen molar-refractivity contribution in [2.24, 2.45) is 0 Å². The van der Waals surface area contributed by atoms with Gasteiger partial charge in [-0.3, -0.25) is 9.59 Å². The lowest BCUT2D eigenvalue weighted by Gasteiger charge is -2.09. The summed E-state index contributed by atoms with van der Waals surface area (Å²) in [5.41, 5.74) is 2.53. The van der Waals surface area contributed by atoms with E-state index in [4.69, 9.17) is 0 Å². The Morgan fingerprint density at radius 2 is 2.05 bits per heavy atom. The third kappa shape index (κ3) is 2.78. The van der Waals surface area contributed by atoms with E-state index >= 15 is 0 Å². The number of hydrogen-bond donors (Lipinski definition) is 2. The molecule has 0 spiro atoms. The quantitative estimate of drug-likeness (QED) is 0.916. The number of benzene rings is 2. The maximum Gasteiger partial charge on any atom is 0.252 e. The van der Waals surface area contributed by atoms with Crippen LogP contribution < -0.4 is 10.6 Å². The fraction of sp³-hybridized carbons (Fsp3) is 0.125. The van der Waals surface area contributed by atoms with Gasteiger partial charge in [-0.2, -0.15) is 0 Å². The Kier molecular flexibility index (Phi) is 3.66. The van der Waals surface area contributed by atoms with E-state index in [2.05, 4.69) is 10.6 Å². The van der Waals surface area contributed by atoms with Crippen LogP contribution >= 0.6 is 11.8 Å². The molecule has 0 bridgehead atoms. The lowest BCUT2D eigenvalue weighted by atomic mass is 10.2. The molecule has 0 aromatic heterocycles. The Balaban J connectivity index is 1.90. The summed E-state index contributed by atoms with van der Waals surface area (Å²) in [6.07, 6.45) is 0.440. The average molecular weight is 298 g/mol. The highest BCUT2D eigenvalue weighted by Crippen LogP contribution is 2.34. The summed E-state index contributed by atoms with van der Waals surface area (Å²) in [6, 6.07) is 13.4. The molecule has 5 heteroatoms. The minimum atomic E-state index is -0.104. The second-order valence-electron chi connectivity index (χ2n) is 4.72. The Bertz CT molecular complexity index is 728. The van der Waals surface area contributed by atoms with Crippen LogP contribution in [-0.4, -0.2) is 18.9 Å². The monoisotopic (exact) mass is 298 g/mol. The van der Waals surface area contributed by atoms with Gasteiger partial charge >= 0.3 is 0 Å². The van der Waals surface area contributed by atoms with Crippen LogP contribution in [0, 0.1) is 0 Å². The second-order valence-corrected chi connectivity index (χ2v) is 5.84. The lowest BCUT2D eigenvalue weighted by molar-refractivity contribution is -0.115. The van der Waals surface area contributed by atoms with E-state index in [1.54, 1.807) is 13.1 Å². The van der Waals surface area contributed by atoms with Gasteiger partial charge in [-0.25, -0.2) is 0 Å². The standard InChI is InChI=1S/C16H14N2O2S/c1-17-16(20)12-4-2-3-5-14(12)21-11-7-6-10-8-15(19)18-13(10)9-11/h2-7,9H,8H2,1H3,(H,17,20)(H,18,19). The van der Waals surface area contributed by atoms with Gasteiger partial charge in [-0.1, -0.05) is 30.0 Å². The topological polar surface area (TPSA) is 58.2 Å². The molecule has 21 heavy (non-hydrogen) atoms. The number of hydrogen-bond acceptors (Lipinski definition) is 3. The number of nitrogens with one attached hydrogen (secondary N) is 2. The molecule has 0 fully saturated rings. The zero-order chi connectivity index (χ0) is 14.8. The lowest BCUT2D eigenvalue weighted by Crippen LogP contribution is -2.18. The summed E-state index contributed by atoms with van der Waals surface area (Å²) in [5, 5.41) is 5.49. The van der Waals surface area contributed by atoms with Gasteiger partial charge in [0.1, 0.15) is 0 Å². The van der Waals surface area contributed by atoms with Gasteiger partial charge in [-0.05, 0) is 29.8 Å². The molecule has 1 heterocycles. The molecule has 2 aromatic carbocycles. The van der Waals surface area contributed by atoms with Crippen LogP contribution in [0.3, 0.4) is 0 Å². The molecular formula is C16H14N2O2S. The zero-order valence-corrected chi connectivity index (χ0v) is 12.3. The van der Waals surface area contributed by atoms with Gasteiger partial charge in [0.2, 0.25) is 5.91 Å². The van der Waals surface area contributed by atoms with Crippen molar-refractivity contribution >= 4 is 29.3 Å². The van der Waals surface area contributed by atoms with Crippen molar-refractivity contribution in [3.63, 3.8) is 0 Å². The van der Waals surface area contributed by atoms with Gasteiger partial charge in [0, 0.05) is 22.5 Å². The Hall–Kier alpha value is -2.27. The van der Waals surface area contributed by atoms with Gasteiger partial charge in [-0.15, -0.1) is 0 Å². The SMILES string of the molecule is CNC(=O)c1ccccc1Sc1ccc2c(c1)NC(=O)C2. The second kappa shape index (κ2) is 5.61. The van der Waals surface area contributed by atoms with E-state index < -0.39 is 0 Å². The van der Waals surface area contributed by atoms with E-state index in [1.807, 2.05) is 36.4 Å². The molecule has 0 unspecified atom stereocenters. The number of amides is 2. The molecule has 4 nitrogen and oxygen atoms in total. The minimum Gasteiger partial charge on any atom is -0.355 e. The summed E-state index contributed by atoms with van der Waals surface area (Å²) in [4.78, 5) is 25.1. The van der Waals surface area contributed by atoms with Crippen LogP contribution in [0.5, 0.6) is 0 Å². The highest BCUT2D eigenvalue weighted by molar-refractivity contribution is 7.99. The van der Waals surface area contributed by atoms with Gasteiger partial charge in [0.25, 0.3) is 5.91 Å². The number of carbonyl (C=O) groups excluding carboxylic acids is 2. The smallest absolute Gasteiger partial charge is 0.252 e. The molecule has 0 saturated heterocycles. The first-order valence-electron chi connectivity index (χ1n) is 6.59. The van der Waals surface area contributed by atoms with E-state index in [0.29, 0.717) is 12.0 Å². The first-order valence-corrected chi connectivity index (χ1v) is 7.41. The van der Waals surface area contributed by atoms with Gasteiger partial charge in [0.05, 0.1) is 12.0 Å². The molecule has 0 atom stereocenters. The highest BCUT2D eigenvalue weighted by Gasteiger charge is 2.18. The first kappa shape index (κ1) is 13.7. The van der Waals surface area contributed by atoms with Crippen LogP contribution in [0.15, 0.2) is 52.3 Å².